The first-order valence-corrected chi connectivity index (χ1v) is 11.5. The molecule has 0 saturated heterocycles. The summed E-state index contributed by atoms with van der Waals surface area (Å²) in [7, 11) is 0. The van der Waals surface area contributed by atoms with Crippen LogP contribution in [0.1, 0.15) is 25.0 Å². The number of rotatable bonds is 9. The van der Waals surface area contributed by atoms with Crippen molar-refractivity contribution < 1.29 is 35.5 Å². The van der Waals surface area contributed by atoms with Crippen LogP contribution < -0.4 is 10.4 Å². The largest absolute Gasteiger partial charge is 0.433 e. The summed E-state index contributed by atoms with van der Waals surface area (Å²) in [6.45, 7) is -4.14. The van der Waals surface area contributed by atoms with Crippen LogP contribution >= 0.6 is 11.6 Å². The molecule has 0 aliphatic rings. The van der Waals surface area contributed by atoms with Gasteiger partial charge in [-0.15, -0.1) is 10.2 Å². The van der Waals surface area contributed by atoms with Crippen molar-refractivity contribution in [1.82, 2.24) is 29.1 Å². The van der Waals surface area contributed by atoms with E-state index in [4.69, 9.17) is 11.6 Å². The van der Waals surface area contributed by atoms with Gasteiger partial charge in [0.1, 0.15) is 12.2 Å². The van der Waals surface area contributed by atoms with E-state index in [-0.39, 0.29) is 22.9 Å². The minimum Gasteiger partial charge on any atom is -0.433 e. The summed E-state index contributed by atoms with van der Waals surface area (Å²) in [4.78, 5) is 16.8. The summed E-state index contributed by atoms with van der Waals surface area (Å²) in [5.74, 6) is -5.55. The molecule has 0 unspecified atom stereocenters. The summed E-state index contributed by atoms with van der Waals surface area (Å²) in [5.41, 5.74) is -0.987. The third-order valence-corrected chi connectivity index (χ3v) is 5.54. The third kappa shape index (κ3) is 6.58. The highest BCUT2D eigenvalue weighted by Gasteiger charge is 2.34. The van der Waals surface area contributed by atoms with Crippen LogP contribution in [0.25, 0.3) is 17.1 Å². The van der Waals surface area contributed by atoms with Crippen LogP contribution in [0.4, 0.5) is 30.7 Å². The molecule has 0 aliphatic heterocycles. The Morgan fingerprint density at radius 3 is 2.28 bits per heavy atom. The molecule has 0 bridgehead atoms. The monoisotopic (exact) mass is 578 g/mol. The Morgan fingerprint density at radius 2 is 1.67 bits per heavy atom. The van der Waals surface area contributed by atoms with Gasteiger partial charge in [-0.25, -0.2) is 19.1 Å². The van der Waals surface area contributed by atoms with Crippen LogP contribution in [-0.4, -0.2) is 41.9 Å². The number of hydrogen-bond donors (Lipinski definition) is 0. The van der Waals surface area contributed by atoms with Crippen LogP contribution in [0.2, 0.25) is 5.02 Å². The van der Waals surface area contributed by atoms with Gasteiger partial charge in [-0.05, 0) is 36.4 Å². The Morgan fingerprint density at radius 1 is 1.00 bits per heavy atom. The molecular formula is C23H18ClF7N6O2. The van der Waals surface area contributed by atoms with Crippen LogP contribution in [0.3, 0.4) is 0 Å². The van der Waals surface area contributed by atoms with Crippen LogP contribution in [0, 0.1) is 0 Å². The highest BCUT2D eigenvalue weighted by Crippen LogP contribution is 2.31. The van der Waals surface area contributed by atoms with Crippen molar-refractivity contribution in [2.75, 3.05) is 0 Å². The van der Waals surface area contributed by atoms with E-state index in [1.807, 2.05) is 0 Å². The van der Waals surface area contributed by atoms with Gasteiger partial charge in [-0.2, -0.15) is 30.7 Å². The molecule has 4 rings (SSSR count). The molecule has 2 aromatic carbocycles. The van der Waals surface area contributed by atoms with Crippen LogP contribution in [0.15, 0.2) is 53.3 Å². The van der Waals surface area contributed by atoms with E-state index in [2.05, 4.69) is 19.9 Å². The fraction of sp³-hybridized carbons (Fsp3) is 0.304. The van der Waals surface area contributed by atoms with Gasteiger partial charge in [-0.1, -0.05) is 23.7 Å². The number of nitrogens with zero attached hydrogens (tertiary/aromatic N) is 6. The highest BCUT2D eigenvalue weighted by atomic mass is 35.5. The standard InChI is InChI=1S/C23H18ClF7N6O2/c1-22(27,28)19-32-17(33-37(19)15-4-2-3-5-16(15)39-20(25)26)12-36-21(38)35(11-10-23(29,30)31)18(34-36)13-6-8-14(24)9-7-13/h2-9,20H,10-12H2,1H3. The predicted molar refractivity (Wildman–Crippen MR) is 124 cm³/mol. The number of aromatic nitrogens is 6. The van der Waals surface area contributed by atoms with Gasteiger partial charge >= 0.3 is 24.4 Å². The van der Waals surface area contributed by atoms with Gasteiger partial charge in [0.2, 0.25) is 5.82 Å². The molecule has 2 aromatic heterocycles. The maximum absolute atomic E-state index is 14.4. The maximum Gasteiger partial charge on any atom is 0.390 e. The number of ether oxygens (including phenoxy) is 1. The Balaban J connectivity index is 1.78. The van der Waals surface area contributed by atoms with E-state index < -0.39 is 55.5 Å². The van der Waals surface area contributed by atoms with E-state index >= 15 is 0 Å². The van der Waals surface area contributed by atoms with Gasteiger partial charge in [0.05, 0.1) is 6.42 Å². The maximum atomic E-state index is 14.4. The van der Waals surface area contributed by atoms with Crippen molar-refractivity contribution in [3.05, 3.63) is 75.7 Å². The summed E-state index contributed by atoms with van der Waals surface area (Å²) in [6, 6.07) is 10.8. The molecule has 8 nitrogen and oxygen atoms in total. The molecule has 0 N–H and O–H groups in total. The first kappa shape index (κ1) is 28.1. The normalized spacial score (nSPS) is 12.4. The Kier molecular flexibility index (Phi) is 7.73. The van der Waals surface area contributed by atoms with E-state index in [0.717, 1.165) is 15.3 Å². The molecule has 208 valence electrons. The average Bonchev–Trinajstić information content (AvgIpc) is 3.39. The highest BCUT2D eigenvalue weighted by molar-refractivity contribution is 6.30. The van der Waals surface area contributed by atoms with E-state index in [0.29, 0.717) is 16.6 Å². The molecule has 16 heteroatoms. The second-order valence-electron chi connectivity index (χ2n) is 8.29. The molecule has 2 heterocycles. The SMILES string of the molecule is CC(F)(F)c1nc(Cn2nc(-c3ccc(Cl)cc3)n(CCC(F)(F)F)c2=O)nn1-c1ccccc1OC(F)F. The zero-order valence-corrected chi connectivity index (χ0v) is 20.6. The van der Waals surface area contributed by atoms with Gasteiger partial charge in [-0.3, -0.25) is 4.57 Å². The number of alkyl halides is 7. The Bertz CT molecular complexity index is 1510. The summed E-state index contributed by atoms with van der Waals surface area (Å²) in [5, 5.41) is 8.38. The van der Waals surface area contributed by atoms with Gasteiger partial charge < -0.3 is 4.74 Å². The fourth-order valence-electron chi connectivity index (χ4n) is 3.63. The molecule has 0 saturated carbocycles. The smallest absolute Gasteiger partial charge is 0.390 e. The Labute approximate surface area is 220 Å². The lowest BCUT2D eigenvalue weighted by atomic mass is 10.2. The van der Waals surface area contributed by atoms with Crippen molar-refractivity contribution in [2.45, 2.75) is 45.1 Å². The van der Waals surface area contributed by atoms with Crippen molar-refractivity contribution in [3.63, 3.8) is 0 Å². The van der Waals surface area contributed by atoms with Crippen molar-refractivity contribution >= 4 is 11.6 Å². The summed E-state index contributed by atoms with van der Waals surface area (Å²) >= 11 is 5.87. The zero-order chi connectivity index (χ0) is 28.5. The first-order valence-electron chi connectivity index (χ1n) is 11.1. The zero-order valence-electron chi connectivity index (χ0n) is 19.8. The lowest BCUT2D eigenvalue weighted by Crippen LogP contribution is -2.27. The third-order valence-electron chi connectivity index (χ3n) is 5.29. The predicted octanol–water partition coefficient (Wildman–Crippen LogP) is 5.66. The molecule has 0 fully saturated rings. The minimum atomic E-state index is -4.57. The number of halogens is 8. The van der Waals surface area contributed by atoms with Crippen LogP contribution in [-0.2, 0) is 19.0 Å². The van der Waals surface area contributed by atoms with Crippen LogP contribution in [0.5, 0.6) is 5.75 Å². The summed E-state index contributed by atoms with van der Waals surface area (Å²) < 4.78 is 100.0. The lowest BCUT2D eigenvalue weighted by Gasteiger charge is -2.14. The number of hydrogen-bond acceptors (Lipinski definition) is 5. The Hall–Kier alpha value is -3.88. The molecule has 0 amide bonds. The fourth-order valence-corrected chi connectivity index (χ4v) is 3.76. The first-order chi connectivity index (χ1) is 18.2. The molecule has 0 aliphatic carbocycles. The summed E-state index contributed by atoms with van der Waals surface area (Å²) in [6.07, 6.45) is -5.91. The van der Waals surface area contributed by atoms with Gasteiger partial charge in [0.15, 0.2) is 17.4 Å². The van der Waals surface area contributed by atoms with Gasteiger partial charge in [0, 0.05) is 24.1 Å². The van der Waals surface area contributed by atoms with Gasteiger partial charge in [0.25, 0.3) is 0 Å². The van der Waals surface area contributed by atoms with Crippen molar-refractivity contribution in [1.29, 1.82) is 0 Å². The molecular weight excluding hydrogens is 561 g/mol. The molecule has 0 atom stereocenters. The lowest BCUT2D eigenvalue weighted by molar-refractivity contribution is -0.136. The second-order valence-corrected chi connectivity index (χ2v) is 8.72. The number of para-hydroxylation sites is 2. The molecule has 4 aromatic rings. The second kappa shape index (κ2) is 10.7. The topological polar surface area (TPSA) is 79.8 Å². The molecule has 39 heavy (non-hydrogen) atoms. The quantitative estimate of drug-likeness (QED) is 0.240. The minimum absolute atomic E-state index is 0.128. The van der Waals surface area contributed by atoms with Crippen molar-refractivity contribution in [2.24, 2.45) is 0 Å². The van der Waals surface area contributed by atoms with E-state index in [1.165, 1.54) is 42.5 Å². The number of benzene rings is 2. The van der Waals surface area contributed by atoms with E-state index in [9.17, 15) is 35.5 Å². The average molecular weight is 579 g/mol. The molecule has 0 spiro atoms. The van der Waals surface area contributed by atoms with E-state index in [1.54, 1.807) is 0 Å². The van der Waals surface area contributed by atoms with Crippen molar-refractivity contribution in [3.8, 4) is 22.8 Å². The molecule has 0 radical (unpaired) electrons.